The van der Waals surface area contributed by atoms with Crippen molar-refractivity contribution in [2.75, 3.05) is 6.61 Å². The summed E-state index contributed by atoms with van der Waals surface area (Å²) in [4.78, 5) is 35.3. The average Bonchev–Trinajstić information content (AvgIpc) is 3.46. The number of ether oxygens (including phenoxy) is 5. The van der Waals surface area contributed by atoms with E-state index < -0.39 is 23.6 Å². The minimum absolute atomic E-state index is 0.0838. The van der Waals surface area contributed by atoms with Crippen LogP contribution >= 0.6 is 0 Å². The number of hydrogen-bond donors (Lipinski definition) is 0. The van der Waals surface area contributed by atoms with E-state index in [4.69, 9.17) is 23.7 Å². The number of carbonyl (C=O) groups excluding carboxylic acids is 3. The van der Waals surface area contributed by atoms with E-state index in [0.717, 1.165) is 38.5 Å². The molecule has 2 heterocycles. The van der Waals surface area contributed by atoms with Gasteiger partial charge >= 0.3 is 17.9 Å². The lowest BCUT2D eigenvalue weighted by Gasteiger charge is -2.59. The Balaban J connectivity index is 1.22. The molecular formula is C33H48O8. The van der Waals surface area contributed by atoms with Gasteiger partial charge in [0.25, 0.3) is 0 Å². The van der Waals surface area contributed by atoms with Crippen molar-refractivity contribution in [2.45, 2.75) is 130 Å². The van der Waals surface area contributed by atoms with Crippen LogP contribution in [0, 0.1) is 40.4 Å². The van der Waals surface area contributed by atoms with Crippen molar-refractivity contribution in [3.63, 3.8) is 0 Å². The minimum Gasteiger partial charge on any atom is -0.463 e. The van der Waals surface area contributed by atoms with Crippen LogP contribution in [0.3, 0.4) is 0 Å². The molecule has 6 rings (SSSR count). The van der Waals surface area contributed by atoms with E-state index >= 15 is 0 Å². The van der Waals surface area contributed by atoms with Crippen LogP contribution in [-0.2, 0) is 38.1 Å². The molecule has 2 aliphatic heterocycles. The second-order valence-electron chi connectivity index (χ2n) is 14.9. The van der Waals surface area contributed by atoms with Gasteiger partial charge in [0.2, 0.25) is 0 Å². The van der Waals surface area contributed by atoms with Gasteiger partial charge in [0.1, 0.15) is 24.4 Å². The maximum Gasteiger partial charge on any atom is 0.303 e. The van der Waals surface area contributed by atoms with Crippen LogP contribution < -0.4 is 0 Å². The van der Waals surface area contributed by atoms with Crippen LogP contribution in [-0.4, -0.2) is 54.2 Å². The third-order valence-corrected chi connectivity index (χ3v) is 12.4. The Labute approximate surface area is 244 Å². The lowest BCUT2D eigenvalue weighted by atomic mass is 9.46. The summed E-state index contributed by atoms with van der Waals surface area (Å²) in [5, 5.41) is 0. The minimum atomic E-state index is -0.604. The number of esters is 3. The molecule has 6 aliphatic rings. The van der Waals surface area contributed by atoms with Crippen molar-refractivity contribution in [2.24, 2.45) is 40.4 Å². The molecule has 0 aromatic heterocycles. The summed E-state index contributed by atoms with van der Waals surface area (Å²) in [7, 11) is 0. The third kappa shape index (κ3) is 4.57. The van der Waals surface area contributed by atoms with Gasteiger partial charge in [-0.05, 0) is 80.0 Å². The molecule has 0 radical (unpaired) electrons. The zero-order chi connectivity index (χ0) is 29.5. The highest BCUT2D eigenvalue weighted by atomic mass is 16.7. The molecule has 0 N–H and O–H groups in total. The summed E-state index contributed by atoms with van der Waals surface area (Å²) in [5.41, 5.74) is 0.933. The number of fused-ring (bicyclic) bond motifs is 7. The Morgan fingerprint density at radius 3 is 2.34 bits per heavy atom. The molecule has 0 aromatic rings. The van der Waals surface area contributed by atoms with Gasteiger partial charge in [0.05, 0.1) is 6.10 Å². The molecule has 4 aliphatic carbocycles. The summed E-state index contributed by atoms with van der Waals surface area (Å²) in [6.07, 6.45) is 9.08. The van der Waals surface area contributed by atoms with Crippen molar-refractivity contribution >= 4 is 17.9 Å². The van der Waals surface area contributed by atoms with E-state index in [1.807, 2.05) is 6.92 Å². The SMILES string of the molecule is CC(=O)OC[C@]1(C)CC[C@]2(O[C@H]3C[C@H]4[C@@H]5CC=C6C[C@@H](OC(C)=O)[C@H](OC(C)=O)C[C@]6(C)[C@H]5CC[C@]4(C)[C@H]3[C@@H]2C)O1. The molecule has 41 heavy (non-hydrogen) atoms. The quantitative estimate of drug-likeness (QED) is 0.247. The maximum atomic E-state index is 12.0. The van der Waals surface area contributed by atoms with Crippen molar-refractivity contribution < 1.29 is 38.1 Å². The maximum absolute atomic E-state index is 12.0. The topological polar surface area (TPSA) is 97.4 Å². The standard InChI is InChI=1S/C33H48O8/c1-18-29-27(40-33(18)13-12-30(5,41-33)17-37-19(2)34)15-25-23-9-8-22-14-26(38-20(3)35)28(39-21(4)36)16-32(22,7)24(23)10-11-31(25,29)6/h8,18,23-29H,9-17H2,1-7H3/t18-,23+,24-,25-,26+,27-,28+,29-,30-,31-,32-,33-/m0/s1. The molecule has 3 saturated carbocycles. The van der Waals surface area contributed by atoms with Crippen LogP contribution in [0.4, 0.5) is 0 Å². The molecule has 8 nitrogen and oxygen atoms in total. The Morgan fingerprint density at radius 2 is 1.66 bits per heavy atom. The summed E-state index contributed by atoms with van der Waals surface area (Å²) in [6, 6.07) is 0. The Kier molecular flexibility index (Phi) is 6.97. The smallest absolute Gasteiger partial charge is 0.303 e. The van der Waals surface area contributed by atoms with Gasteiger partial charge in [-0.2, -0.15) is 0 Å². The van der Waals surface area contributed by atoms with Crippen molar-refractivity contribution in [1.29, 1.82) is 0 Å². The Hall–Kier alpha value is -1.93. The molecule has 0 aromatic carbocycles. The van der Waals surface area contributed by atoms with Gasteiger partial charge in [-0.15, -0.1) is 0 Å². The number of allylic oxidation sites excluding steroid dienone is 1. The first-order valence-corrected chi connectivity index (χ1v) is 15.7. The monoisotopic (exact) mass is 572 g/mol. The number of hydrogen-bond acceptors (Lipinski definition) is 8. The lowest BCUT2D eigenvalue weighted by molar-refractivity contribution is -0.263. The van der Waals surface area contributed by atoms with E-state index in [0.29, 0.717) is 36.5 Å². The van der Waals surface area contributed by atoms with Crippen molar-refractivity contribution in [1.82, 2.24) is 0 Å². The first-order valence-electron chi connectivity index (χ1n) is 15.7. The van der Waals surface area contributed by atoms with Crippen LogP contribution in [0.15, 0.2) is 11.6 Å². The molecule has 0 amide bonds. The first-order chi connectivity index (χ1) is 19.2. The molecule has 228 valence electrons. The van der Waals surface area contributed by atoms with Gasteiger partial charge in [-0.25, -0.2) is 0 Å². The van der Waals surface area contributed by atoms with Crippen LogP contribution in [0.5, 0.6) is 0 Å². The highest BCUT2D eigenvalue weighted by Gasteiger charge is 2.70. The third-order valence-electron chi connectivity index (χ3n) is 12.4. The number of rotatable bonds is 4. The summed E-state index contributed by atoms with van der Waals surface area (Å²) < 4.78 is 30.4. The number of carbonyl (C=O) groups is 3. The second-order valence-corrected chi connectivity index (χ2v) is 14.9. The van der Waals surface area contributed by atoms with E-state index in [1.54, 1.807) is 0 Å². The predicted octanol–water partition coefficient (Wildman–Crippen LogP) is 5.51. The molecule has 5 fully saturated rings. The van der Waals surface area contributed by atoms with Crippen LogP contribution in [0.2, 0.25) is 0 Å². The molecule has 1 spiro atoms. The molecule has 8 heteroatoms. The predicted molar refractivity (Wildman–Crippen MR) is 149 cm³/mol. The van der Waals surface area contributed by atoms with Gasteiger partial charge in [-0.1, -0.05) is 32.4 Å². The fraction of sp³-hybridized carbons (Fsp3) is 0.848. The summed E-state index contributed by atoms with van der Waals surface area (Å²) in [5.74, 6) is 0.737. The second kappa shape index (κ2) is 9.80. The summed E-state index contributed by atoms with van der Waals surface area (Å²) in [6.45, 7) is 13.8. The first kappa shape index (κ1) is 29.2. The highest BCUT2D eigenvalue weighted by molar-refractivity contribution is 5.67. The van der Waals surface area contributed by atoms with Crippen molar-refractivity contribution in [3.05, 3.63) is 11.6 Å². The van der Waals surface area contributed by atoms with E-state index in [1.165, 1.54) is 26.3 Å². The van der Waals surface area contributed by atoms with Gasteiger partial charge in [0, 0.05) is 39.5 Å². The van der Waals surface area contributed by atoms with Crippen LogP contribution in [0.25, 0.3) is 0 Å². The van der Waals surface area contributed by atoms with Crippen LogP contribution in [0.1, 0.15) is 99.8 Å². The van der Waals surface area contributed by atoms with E-state index in [2.05, 4.69) is 26.8 Å². The Bertz CT molecular complexity index is 1150. The molecule has 0 bridgehead atoms. The molecule has 2 saturated heterocycles. The summed E-state index contributed by atoms with van der Waals surface area (Å²) >= 11 is 0. The average molecular weight is 573 g/mol. The normalized spacial score (nSPS) is 49.8. The van der Waals surface area contributed by atoms with E-state index in [-0.39, 0.29) is 47.4 Å². The van der Waals surface area contributed by atoms with E-state index in [9.17, 15) is 14.4 Å². The zero-order valence-electron chi connectivity index (χ0n) is 25.8. The molecule has 0 unspecified atom stereocenters. The molecule has 12 atom stereocenters. The molecular weight excluding hydrogens is 524 g/mol. The lowest BCUT2D eigenvalue weighted by Crippen LogP contribution is -2.54. The zero-order valence-corrected chi connectivity index (χ0v) is 25.8. The fourth-order valence-electron chi connectivity index (χ4n) is 10.7. The van der Waals surface area contributed by atoms with Crippen molar-refractivity contribution in [3.8, 4) is 0 Å². The van der Waals surface area contributed by atoms with Gasteiger partial charge in [0.15, 0.2) is 5.79 Å². The highest BCUT2D eigenvalue weighted by Crippen LogP contribution is 2.71. The van der Waals surface area contributed by atoms with Gasteiger partial charge < -0.3 is 23.7 Å². The largest absolute Gasteiger partial charge is 0.463 e. The fourth-order valence-corrected chi connectivity index (χ4v) is 10.7. The Morgan fingerprint density at radius 1 is 0.951 bits per heavy atom. The van der Waals surface area contributed by atoms with Gasteiger partial charge in [-0.3, -0.25) is 14.4 Å².